The zero-order valence-corrected chi connectivity index (χ0v) is 17.1. The van der Waals surface area contributed by atoms with Crippen molar-refractivity contribution in [2.45, 2.75) is 40.2 Å². The number of nitrogens with one attached hydrogen (secondary N) is 1. The molecule has 0 aliphatic carbocycles. The largest absolute Gasteiger partial charge is 0.492 e. The van der Waals surface area contributed by atoms with E-state index in [4.69, 9.17) is 13.9 Å². The van der Waals surface area contributed by atoms with Crippen LogP contribution >= 0.6 is 0 Å². The first kappa shape index (κ1) is 20.5. The topological polar surface area (TPSA) is 77.8 Å². The van der Waals surface area contributed by atoms with Crippen LogP contribution in [0.1, 0.15) is 30.5 Å². The summed E-state index contributed by atoms with van der Waals surface area (Å²) >= 11 is 0. The van der Waals surface area contributed by atoms with Crippen molar-refractivity contribution in [1.82, 2.24) is 0 Å². The number of benzene rings is 2. The van der Waals surface area contributed by atoms with Crippen LogP contribution in [0.2, 0.25) is 0 Å². The van der Waals surface area contributed by atoms with E-state index >= 15 is 0 Å². The summed E-state index contributed by atoms with van der Waals surface area (Å²) in [6.45, 7) is 7.91. The monoisotopic (exact) mass is 395 g/mol. The molecule has 0 spiro atoms. The number of fused-ring (bicyclic) bond motifs is 1. The third kappa shape index (κ3) is 4.77. The van der Waals surface area contributed by atoms with Gasteiger partial charge >= 0.3 is 5.97 Å². The molecule has 0 saturated heterocycles. The molecule has 1 amide bonds. The second-order valence-corrected chi connectivity index (χ2v) is 6.92. The summed E-state index contributed by atoms with van der Waals surface area (Å²) in [5.41, 5.74) is 4.25. The van der Waals surface area contributed by atoms with Crippen LogP contribution < -0.4 is 10.1 Å². The van der Waals surface area contributed by atoms with Gasteiger partial charge in [-0.05, 0) is 63.1 Å². The second kappa shape index (κ2) is 8.82. The maximum atomic E-state index is 12.4. The molecule has 0 bridgehead atoms. The van der Waals surface area contributed by atoms with Crippen molar-refractivity contribution in [3.63, 3.8) is 0 Å². The van der Waals surface area contributed by atoms with E-state index in [2.05, 4.69) is 5.32 Å². The average molecular weight is 395 g/mol. The summed E-state index contributed by atoms with van der Waals surface area (Å²) in [7, 11) is 0. The molecule has 6 nitrogen and oxygen atoms in total. The lowest BCUT2D eigenvalue weighted by molar-refractivity contribution is -0.152. The van der Waals surface area contributed by atoms with Gasteiger partial charge in [0.15, 0.2) is 6.10 Å². The highest BCUT2D eigenvalue weighted by atomic mass is 16.5. The lowest BCUT2D eigenvalue weighted by atomic mass is 10.0. The van der Waals surface area contributed by atoms with Gasteiger partial charge in [-0.2, -0.15) is 0 Å². The molecular formula is C23H25NO5. The van der Waals surface area contributed by atoms with Crippen molar-refractivity contribution in [2.75, 3.05) is 11.9 Å². The highest BCUT2D eigenvalue weighted by molar-refractivity contribution is 5.96. The van der Waals surface area contributed by atoms with E-state index in [1.54, 1.807) is 24.5 Å². The minimum absolute atomic E-state index is 0.0304. The number of hydrogen-bond acceptors (Lipinski definition) is 5. The summed E-state index contributed by atoms with van der Waals surface area (Å²) in [5.74, 6) is -0.349. The molecule has 1 aromatic heterocycles. The van der Waals surface area contributed by atoms with Crippen LogP contribution in [0.25, 0.3) is 11.0 Å². The Kier molecular flexibility index (Phi) is 6.22. The van der Waals surface area contributed by atoms with E-state index in [-0.39, 0.29) is 6.42 Å². The fourth-order valence-corrected chi connectivity index (χ4v) is 3.01. The molecule has 2 aromatic carbocycles. The molecule has 6 heteroatoms. The predicted octanol–water partition coefficient (Wildman–Crippen LogP) is 4.56. The molecule has 0 fully saturated rings. The SMILES string of the molecule is CCOc1ccccc1NC(=O)[C@@H](C)OC(=O)Cc1coc2cc(C)c(C)cc12. The number of hydrogen-bond donors (Lipinski definition) is 1. The normalized spacial score (nSPS) is 11.9. The van der Waals surface area contributed by atoms with Gasteiger partial charge in [-0.15, -0.1) is 0 Å². The van der Waals surface area contributed by atoms with Crippen molar-refractivity contribution < 1.29 is 23.5 Å². The Morgan fingerprint density at radius 1 is 1.14 bits per heavy atom. The Bertz CT molecular complexity index is 1040. The van der Waals surface area contributed by atoms with Crippen molar-refractivity contribution in [1.29, 1.82) is 0 Å². The van der Waals surface area contributed by atoms with E-state index in [1.807, 2.05) is 39.0 Å². The van der Waals surface area contributed by atoms with Crippen LogP contribution in [-0.2, 0) is 20.7 Å². The molecule has 29 heavy (non-hydrogen) atoms. The molecule has 0 radical (unpaired) electrons. The predicted molar refractivity (Wildman–Crippen MR) is 111 cm³/mol. The van der Waals surface area contributed by atoms with Gasteiger partial charge in [-0.3, -0.25) is 9.59 Å². The van der Waals surface area contributed by atoms with Gasteiger partial charge in [0.25, 0.3) is 5.91 Å². The number of furan rings is 1. The van der Waals surface area contributed by atoms with Crippen molar-refractivity contribution in [3.8, 4) is 5.75 Å². The zero-order valence-electron chi connectivity index (χ0n) is 17.1. The molecule has 152 valence electrons. The molecule has 0 unspecified atom stereocenters. The molecule has 1 atom stereocenters. The Morgan fingerprint density at radius 3 is 2.62 bits per heavy atom. The summed E-state index contributed by atoms with van der Waals surface area (Å²) in [6, 6.07) is 11.1. The summed E-state index contributed by atoms with van der Waals surface area (Å²) < 4.78 is 16.4. The second-order valence-electron chi connectivity index (χ2n) is 6.92. The van der Waals surface area contributed by atoms with E-state index in [0.717, 1.165) is 27.7 Å². The quantitative estimate of drug-likeness (QED) is 0.593. The Morgan fingerprint density at radius 2 is 1.86 bits per heavy atom. The van der Waals surface area contributed by atoms with Crippen LogP contribution in [0, 0.1) is 13.8 Å². The number of amides is 1. The molecule has 1 N–H and O–H groups in total. The first-order chi connectivity index (χ1) is 13.9. The third-order valence-electron chi connectivity index (χ3n) is 4.73. The van der Waals surface area contributed by atoms with Crippen LogP contribution in [0.4, 0.5) is 5.69 Å². The van der Waals surface area contributed by atoms with Crippen LogP contribution in [0.3, 0.4) is 0 Å². The van der Waals surface area contributed by atoms with E-state index < -0.39 is 18.0 Å². The van der Waals surface area contributed by atoms with Gasteiger partial charge in [0.2, 0.25) is 0 Å². The molecular weight excluding hydrogens is 370 g/mol. The van der Waals surface area contributed by atoms with Gasteiger partial charge in [0.05, 0.1) is 25.0 Å². The van der Waals surface area contributed by atoms with Crippen LogP contribution in [-0.4, -0.2) is 24.6 Å². The maximum Gasteiger partial charge on any atom is 0.311 e. The fourth-order valence-electron chi connectivity index (χ4n) is 3.01. The van der Waals surface area contributed by atoms with Crippen molar-refractivity contribution in [3.05, 3.63) is 59.4 Å². The smallest absolute Gasteiger partial charge is 0.311 e. The molecule has 3 aromatic rings. The van der Waals surface area contributed by atoms with Gasteiger partial charge in [0.1, 0.15) is 11.3 Å². The molecule has 0 aliphatic heterocycles. The molecule has 0 saturated carbocycles. The number of carbonyl (C=O) groups excluding carboxylic acids is 2. The number of ether oxygens (including phenoxy) is 2. The Balaban J connectivity index is 1.63. The minimum atomic E-state index is -0.945. The number of rotatable bonds is 7. The average Bonchev–Trinajstić information content (AvgIpc) is 3.05. The number of carbonyl (C=O) groups is 2. The van der Waals surface area contributed by atoms with Gasteiger partial charge in [-0.25, -0.2) is 0 Å². The maximum absolute atomic E-state index is 12.4. The van der Waals surface area contributed by atoms with Gasteiger partial charge in [-0.1, -0.05) is 12.1 Å². The van der Waals surface area contributed by atoms with Crippen LogP contribution in [0.15, 0.2) is 47.1 Å². The Labute approximate surface area is 169 Å². The number of anilines is 1. The standard InChI is InChI=1S/C23H25NO5/c1-5-27-20-9-7-6-8-19(20)24-23(26)16(4)29-22(25)12-17-13-28-21-11-15(3)14(2)10-18(17)21/h6-11,13,16H,5,12H2,1-4H3,(H,24,26)/t16-/m1/s1. The fraction of sp³-hybridized carbons (Fsp3) is 0.304. The van der Waals surface area contributed by atoms with Gasteiger partial charge in [0, 0.05) is 10.9 Å². The molecule has 0 aliphatic rings. The van der Waals surface area contributed by atoms with E-state index in [0.29, 0.717) is 18.0 Å². The van der Waals surface area contributed by atoms with Crippen LogP contribution in [0.5, 0.6) is 5.75 Å². The van der Waals surface area contributed by atoms with Gasteiger partial charge < -0.3 is 19.2 Å². The summed E-state index contributed by atoms with van der Waals surface area (Å²) in [6.07, 6.45) is 0.649. The molecule has 3 rings (SSSR count). The first-order valence-electron chi connectivity index (χ1n) is 9.58. The highest BCUT2D eigenvalue weighted by Gasteiger charge is 2.20. The highest BCUT2D eigenvalue weighted by Crippen LogP contribution is 2.26. The molecule has 1 heterocycles. The van der Waals surface area contributed by atoms with Crippen molar-refractivity contribution in [2.24, 2.45) is 0 Å². The number of para-hydroxylation sites is 2. The zero-order chi connectivity index (χ0) is 21.0. The summed E-state index contributed by atoms with van der Waals surface area (Å²) in [4.78, 5) is 24.8. The van der Waals surface area contributed by atoms with Crippen molar-refractivity contribution >= 4 is 28.5 Å². The summed E-state index contributed by atoms with van der Waals surface area (Å²) in [5, 5.41) is 3.63. The minimum Gasteiger partial charge on any atom is -0.492 e. The Hall–Kier alpha value is -3.28. The number of esters is 1. The number of aryl methyl sites for hydroxylation is 2. The van der Waals surface area contributed by atoms with E-state index in [9.17, 15) is 9.59 Å². The third-order valence-corrected chi connectivity index (χ3v) is 4.73. The van der Waals surface area contributed by atoms with E-state index in [1.165, 1.54) is 6.92 Å². The lowest BCUT2D eigenvalue weighted by Gasteiger charge is -2.15. The lowest BCUT2D eigenvalue weighted by Crippen LogP contribution is -2.30. The first-order valence-corrected chi connectivity index (χ1v) is 9.58.